The van der Waals surface area contributed by atoms with Crippen molar-refractivity contribution in [1.82, 2.24) is 14.9 Å². The van der Waals surface area contributed by atoms with Crippen LogP contribution in [0.25, 0.3) is 0 Å². The van der Waals surface area contributed by atoms with E-state index in [1.165, 1.54) is 38.8 Å². The topological polar surface area (TPSA) is 41.1 Å². The maximum absolute atomic E-state index is 6.23. The summed E-state index contributed by atoms with van der Waals surface area (Å²) in [7, 11) is 0. The second kappa shape index (κ2) is 6.49. The Morgan fingerprint density at radius 2 is 1.90 bits per heavy atom. The number of rotatable bonds is 5. The van der Waals surface area contributed by atoms with Crippen molar-refractivity contribution < 1.29 is 0 Å². The molecule has 21 heavy (non-hydrogen) atoms. The smallest absolute Gasteiger partial charge is 0.137 e. The minimum absolute atomic E-state index is 0.534. The van der Waals surface area contributed by atoms with Gasteiger partial charge in [-0.25, -0.2) is 9.97 Å². The van der Waals surface area contributed by atoms with E-state index in [-0.39, 0.29) is 0 Å². The monoisotopic (exact) mass is 308 g/mol. The Labute approximate surface area is 132 Å². The number of nitrogens with one attached hydrogen (secondary N) is 1. The zero-order valence-corrected chi connectivity index (χ0v) is 13.8. The second-order valence-electron chi connectivity index (χ2n) is 6.57. The van der Waals surface area contributed by atoms with Crippen molar-refractivity contribution in [3.63, 3.8) is 0 Å². The molecule has 1 saturated heterocycles. The van der Waals surface area contributed by atoms with Crippen molar-refractivity contribution in [2.75, 3.05) is 31.5 Å². The zero-order valence-electron chi connectivity index (χ0n) is 13.0. The first-order valence-electron chi connectivity index (χ1n) is 8.13. The minimum atomic E-state index is 0.534. The number of piperidine rings is 1. The zero-order chi connectivity index (χ0) is 14.8. The summed E-state index contributed by atoms with van der Waals surface area (Å²) in [4.78, 5) is 11.6. The predicted octanol–water partition coefficient (Wildman–Crippen LogP) is 3.46. The van der Waals surface area contributed by atoms with Crippen LogP contribution in [0.5, 0.6) is 0 Å². The number of anilines is 1. The maximum Gasteiger partial charge on any atom is 0.137 e. The molecule has 0 bridgehead atoms. The van der Waals surface area contributed by atoms with E-state index in [0.717, 1.165) is 36.2 Å². The van der Waals surface area contributed by atoms with Gasteiger partial charge in [-0.15, -0.1) is 0 Å². The molecule has 2 aliphatic rings. The Hall–Kier alpha value is -0.870. The lowest BCUT2D eigenvalue weighted by atomic mass is 9.99. The fourth-order valence-electron chi connectivity index (χ4n) is 2.82. The molecule has 0 radical (unpaired) electrons. The van der Waals surface area contributed by atoms with Crippen LogP contribution in [-0.4, -0.2) is 41.0 Å². The maximum atomic E-state index is 6.23. The highest BCUT2D eigenvalue weighted by Crippen LogP contribution is 2.39. The van der Waals surface area contributed by atoms with Gasteiger partial charge in [-0.2, -0.15) is 0 Å². The van der Waals surface area contributed by atoms with Gasteiger partial charge in [0.05, 0.1) is 0 Å². The van der Waals surface area contributed by atoms with Crippen LogP contribution in [0, 0.1) is 12.8 Å². The molecule has 3 rings (SSSR count). The van der Waals surface area contributed by atoms with Crippen molar-refractivity contribution in [2.24, 2.45) is 5.92 Å². The number of likely N-dealkylation sites (tertiary alicyclic amines) is 1. The summed E-state index contributed by atoms with van der Waals surface area (Å²) in [6.45, 7) is 8.78. The molecule has 1 N–H and O–H groups in total. The predicted molar refractivity (Wildman–Crippen MR) is 87.1 cm³/mol. The molecule has 0 atom stereocenters. The van der Waals surface area contributed by atoms with Crippen LogP contribution >= 0.6 is 11.6 Å². The van der Waals surface area contributed by atoms with Crippen LogP contribution in [0.4, 0.5) is 5.82 Å². The second-order valence-corrected chi connectivity index (χ2v) is 6.93. The molecule has 1 aliphatic carbocycles. The largest absolute Gasteiger partial charge is 0.368 e. The van der Waals surface area contributed by atoms with Crippen LogP contribution in [0.15, 0.2) is 0 Å². The molecule has 2 fully saturated rings. The fourth-order valence-corrected chi connectivity index (χ4v) is 3.00. The lowest BCUT2D eigenvalue weighted by Crippen LogP contribution is -2.36. The lowest BCUT2D eigenvalue weighted by Gasteiger charge is -2.30. The molecule has 1 aromatic rings. The summed E-state index contributed by atoms with van der Waals surface area (Å²) < 4.78 is 0. The van der Waals surface area contributed by atoms with E-state index in [1.54, 1.807) is 0 Å². The normalized spacial score (nSPS) is 20.7. The van der Waals surface area contributed by atoms with Gasteiger partial charge in [-0.05, 0) is 51.6 Å². The molecule has 4 nitrogen and oxygen atoms in total. The first-order chi connectivity index (χ1) is 10.1. The number of hydrogen-bond acceptors (Lipinski definition) is 4. The van der Waals surface area contributed by atoms with Gasteiger partial charge >= 0.3 is 0 Å². The lowest BCUT2D eigenvalue weighted by molar-refractivity contribution is 0.199. The van der Waals surface area contributed by atoms with Crippen molar-refractivity contribution in [1.29, 1.82) is 0 Å². The number of hydrogen-bond donors (Lipinski definition) is 1. The van der Waals surface area contributed by atoms with E-state index in [4.69, 9.17) is 11.6 Å². The van der Waals surface area contributed by atoms with Crippen LogP contribution in [0.1, 0.15) is 49.9 Å². The molecule has 1 aromatic heterocycles. The molecule has 0 spiro atoms. The Balaban J connectivity index is 1.55. The van der Waals surface area contributed by atoms with Gasteiger partial charge in [-0.1, -0.05) is 18.5 Å². The average Bonchev–Trinajstić information content (AvgIpc) is 3.30. The molecule has 1 aliphatic heterocycles. The number of aromatic nitrogens is 2. The Kier molecular flexibility index (Phi) is 4.65. The van der Waals surface area contributed by atoms with Crippen molar-refractivity contribution >= 4 is 17.4 Å². The average molecular weight is 309 g/mol. The number of nitrogens with zero attached hydrogens (tertiary/aromatic N) is 3. The quantitative estimate of drug-likeness (QED) is 0.846. The first-order valence-corrected chi connectivity index (χ1v) is 8.51. The number of halogens is 1. The van der Waals surface area contributed by atoms with Crippen molar-refractivity contribution in [3.05, 3.63) is 16.5 Å². The van der Waals surface area contributed by atoms with E-state index in [2.05, 4.69) is 27.1 Å². The van der Waals surface area contributed by atoms with E-state index < -0.39 is 0 Å². The molecule has 0 unspecified atom stereocenters. The van der Waals surface area contributed by atoms with E-state index in [9.17, 15) is 0 Å². The summed E-state index contributed by atoms with van der Waals surface area (Å²) in [5.41, 5.74) is 0.966. The Morgan fingerprint density at radius 3 is 2.57 bits per heavy atom. The van der Waals surface area contributed by atoms with Gasteiger partial charge < -0.3 is 10.2 Å². The van der Waals surface area contributed by atoms with Gasteiger partial charge in [0.25, 0.3) is 0 Å². The Bertz CT molecular complexity index is 493. The van der Waals surface area contributed by atoms with E-state index >= 15 is 0 Å². The van der Waals surface area contributed by atoms with E-state index in [1.807, 2.05) is 6.92 Å². The highest BCUT2D eigenvalue weighted by molar-refractivity contribution is 6.30. The fraction of sp³-hybridized carbons (Fsp3) is 0.750. The standard InChI is InChI=1S/C16H25ClN4/c1-11-5-8-21(9-6-11)10-7-18-15-12(2)14(17)19-16(20-15)13-3-4-13/h11,13H,3-10H2,1-2H3,(H,18,19,20). The molecule has 0 aromatic carbocycles. The van der Waals surface area contributed by atoms with E-state index in [0.29, 0.717) is 11.1 Å². The summed E-state index contributed by atoms with van der Waals surface area (Å²) in [5.74, 6) is 3.26. The SMILES string of the molecule is Cc1c(Cl)nc(C2CC2)nc1NCCN1CCC(C)CC1. The third-order valence-corrected chi connectivity index (χ3v) is 5.01. The van der Waals surface area contributed by atoms with Crippen LogP contribution in [-0.2, 0) is 0 Å². The Morgan fingerprint density at radius 1 is 1.19 bits per heavy atom. The van der Waals surface area contributed by atoms with Gasteiger partial charge in [-0.3, -0.25) is 0 Å². The molecule has 2 heterocycles. The van der Waals surface area contributed by atoms with Crippen LogP contribution in [0.3, 0.4) is 0 Å². The molecule has 116 valence electrons. The summed E-state index contributed by atoms with van der Waals surface area (Å²) in [6.07, 6.45) is 5.05. The van der Waals surface area contributed by atoms with Gasteiger partial charge in [0.1, 0.15) is 16.8 Å². The third kappa shape index (κ3) is 3.86. The third-order valence-electron chi connectivity index (χ3n) is 4.64. The molecule has 1 saturated carbocycles. The van der Waals surface area contributed by atoms with Crippen molar-refractivity contribution in [2.45, 2.75) is 45.4 Å². The minimum Gasteiger partial charge on any atom is -0.368 e. The van der Waals surface area contributed by atoms with Crippen molar-refractivity contribution in [3.8, 4) is 0 Å². The summed E-state index contributed by atoms with van der Waals surface area (Å²) in [5, 5.41) is 4.06. The summed E-state index contributed by atoms with van der Waals surface area (Å²) in [6, 6.07) is 0. The van der Waals surface area contributed by atoms with Gasteiger partial charge in [0.2, 0.25) is 0 Å². The summed E-state index contributed by atoms with van der Waals surface area (Å²) >= 11 is 6.23. The molecule has 0 amide bonds. The van der Waals surface area contributed by atoms with Gasteiger partial charge in [0, 0.05) is 24.6 Å². The first kappa shape index (κ1) is 15.0. The van der Waals surface area contributed by atoms with Crippen LogP contribution in [0.2, 0.25) is 5.15 Å². The molecule has 5 heteroatoms. The molecular formula is C16H25ClN4. The van der Waals surface area contributed by atoms with Gasteiger partial charge in [0.15, 0.2) is 0 Å². The highest BCUT2D eigenvalue weighted by Gasteiger charge is 2.28. The highest BCUT2D eigenvalue weighted by atomic mass is 35.5. The van der Waals surface area contributed by atoms with Crippen LogP contribution < -0.4 is 5.32 Å². The molecular weight excluding hydrogens is 284 g/mol.